The van der Waals surface area contributed by atoms with Gasteiger partial charge in [-0.15, -0.1) is 0 Å². The molecule has 5 heteroatoms. The lowest BCUT2D eigenvalue weighted by Gasteiger charge is -2.13. The molecular formula is C14H21N3O2. The van der Waals surface area contributed by atoms with Crippen LogP contribution in [0.3, 0.4) is 0 Å². The van der Waals surface area contributed by atoms with E-state index in [0.717, 1.165) is 5.56 Å². The van der Waals surface area contributed by atoms with E-state index in [1.54, 1.807) is 14.1 Å². The molecule has 1 atom stereocenters. The van der Waals surface area contributed by atoms with Crippen molar-refractivity contribution in [3.05, 3.63) is 35.9 Å². The van der Waals surface area contributed by atoms with Gasteiger partial charge < -0.3 is 16.0 Å². The van der Waals surface area contributed by atoms with Crippen molar-refractivity contribution in [1.29, 1.82) is 0 Å². The fourth-order valence-electron chi connectivity index (χ4n) is 1.57. The van der Waals surface area contributed by atoms with Gasteiger partial charge in [-0.1, -0.05) is 30.3 Å². The molecule has 0 aliphatic rings. The summed E-state index contributed by atoms with van der Waals surface area (Å²) in [6.07, 6.45) is 0.878. The molecule has 0 aliphatic carbocycles. The van der Waals surface area contributed by atoms with Crippen molar-refractivity contribution in [3.63, 3.8) is 0 Å². The lowest BCUT2D eigenvalue weighted by Crippen LogP contribution is -2.36. The number of nitrogens with two attached hydrogens (primary N) is 1. The van der Waals surface area contributed by atoms with Crippen molar-refractivity contribution in [1.82, 2.24) is 10.2 Å². The van der Waals surface area contributed by atoms with Gasteiger partial charge in [0, 0.05) is 26.6 Å². The summed E-state index contributed by atoms with van der Waals surface area (Å²) in [4.78, 5) is 24.3. The number of hydrogen-bond acceptors (Lipinski definition) is 3. The molecule has 1 aromatic rings. The molecule has 0 heterocycles. The van der Waals surface area contributed by atoms with Crippen LogP contribution in [-0.2, 0) is 9.59 Å². The summed E-state index contributed by atoms with van der Waals surface area (Å²) < 4.78 is 0. The highest BCUT2D eigenvalue weighted by molar-refractivity contribution is 5.84. The topological polar surface area (TPSA) is 75.4 Å². The summed E-state index contributed by atoms with van der Waals surface area (Å²) >= 11 is 0. The fourth-order valence-corrected chi connectivity index (χ4v) is 1.57. The van der Waals surface area contributed by atoms with Gasteiger partial charge in [0.1, 0.15) is 0 Å². The normalized spacial score (nSPS) is 11.7. The highest BCUT2D eigenvalue weighted by Gasteiger charge is 2.10. The second-order valence-corrected chi connectivity index (χ2v) is 4.62. The number of likely N-dealkylation sites (N-methyl/N-ethyl adjacent to an activating group) is 1. The first-order valence-corrected chi connectivity index (χ1v) is 6.28. The van der Waals surface area contributed by atoms with Crippen LogP contribution in [0.1, 0.15) is 24.4 Å². The van der Waals surface area contributed by atoms with Crippen molar-refractivity contribution in [2.24, 2.45) is 5.73 Å². The minimum Gasteiger partial charge on any atom is -0.347 e. The molecule has 0 aliphatic heterocycles. The van der Waals surface area contributed by atoms with Gasteiger partial charge in [0.25, 0.3) is 0 Å². The third-order valence-corrected chi connectivity index (χ3v) is 2.85. The number of nitrogens with one attached hydrogen (secondary N) is 1. The zero-order chi connectivity index (χ0) is 14.3. The van der Waals surface area contributed by atoms with Gasteiger partial charge in [0.05, 0.1) is 6.54 Å². The Hall–Kier alpha value is -1.88. The van der Waals surface area contributed by atoms with E-state index in [0.29, 0.717) is 12.8 Å². The Morgan fingerprint density at radius 2 is 1.89 bits per heavy atom. The Balaban J connectivity index is 2.29. The van der Waals surface area contributed by atoms with Crippen molar-refractivity contribution >= 4 is 11.8 Å². The quantitative estimate of drug-likeness (QED) is 0.792. The van der Waals surface area contributed by atoms with E-state index in [9.17, 15) is 9.59 Å². The van der Waals surface area contributed by atoms with Gasteiger partial charge >= 0.3 is 0 Å². The molecule has 2 amide bonds. The highest BCUT2D eigenvalue weighted by atomic mass is 16.2. The first-order valence-electron chi connectivity index (χ1n) is 6.28. The molecule has 0 saturated heterocycles. The molecule has 0 radical (unpaired) electrons. The number of rotatable bonds is 6. The number of carbonyl (C=O) groups is 2. The van der Waals surface area contributed by atoms with Crippen LogP contribution in [0, 0.1) is 0 Å². The summed E-state index contributed by atoms with van der Waals surface area (Å²) in [5.74, 6) is -0.276. The van der Waals surface area contributed by atoms with Crippen LogP contribution in [-0.4, -0.2) is 37.4 Å². The predicted molar refractivity (Wildman–Crippen MR) is 74.3 cm³/mol. The molecule has 3 N–H and O–H groups in total. The molecule has 0 spiro atoms. The average molecular weight is 263 g/mol. The third kappa shape index (κ3) is 5.52. The van der Waals surface area contributed by atoms with Crippen LogP contribution in [0.5, 0.6) is 0 Å². The minimum absolute atomic E-state index is 0.0341. The standard InChI is InChI=1S/C14H21N3O2/c1-17(2)14(19)10-16-13(18)9-8-12(15)11-6-4-3-5-7-11/h3-7,12H,8-10,15H2,1-2H3,(H,16,18). The average Bonchev–Trinajstić information content (AvgIpc) is 2.42. The van der Waals surface area contributed by atoms with E-state index in [4.69, 9.17) is 5.73 Å². The van der Waals surface area contributed by atoms with Crippen molar-refractivity contribution in [2.45, 2.75) is 18.9 Å². The zero-order valence-electron chi connectivity index (χ0n) is 11.4. The zero-order valence-corrected chi connectivity index (χ0v) is 11.4. The predicted octanol–water partition coefficient (Wildman–Crippen LogP) is 0.671. The van der Waals surface area contributed by atoms with E-state index >= 15 is 0 Å². The van der Waals surface area contributed by atoms with Gasteiger partial charge in [-0.05, 0) is 12.0 Å². The van der Waals surface area contributed by atoms with Crippen LogP contribution in [0.25, 0.3) is 0 Å². The van der Waals surface area contributed by atoms with Crippen LogP contribution >= 0.6 is 0 Å². The maximum atomic E-state index is 11.6. The Bertz CT molecular complexity index is 418. The first kappa shape index (κ1) is 15.2. The molecule has 5 nitrogen and oxygen atoms in total. The van der Waals surface area contributed by atoms with Crippen LogP contribution < -0.4 is 11.1 Å². The summed E-state index contributed by atoms with van der Waals surface area (Å²) in [7, 11) is 3.31. The smallest absolute Gasteiger partial charge is 0.241 e. The summed E-state index contributed by atoms with van der Waals surface area (Å²) in [5, 5.41) is 2.58. The Morgan fingerprint density at radius 3 is 2.47 bits per heavy atom. The molecule has 0 bridgehead atoms. The van der Waals surface area contributed by atoms with Gasteiger partial charge in [0.15, 0.2) is 0 Å². The van der Waals surface area contributed by atoms with E-state index in [1.807, 2.05) is 30.3 Å². The maximum Gasteiger partial charge on any atom is 0.241 e. The van der Waals surface area contributed by atoms with E-state index in [-0.39, 0.29) is 24.4 Å². The number of carbonyl (C=O) groups excluding carboxylic acids is 2. The largest absolute Gasteiger partial charge is 0.347 e. The molecule has 0 fully saturated rings. The van der Waals surface area contributed by atoms with Gasteiger partial charge in [-0.3, -0.25) is 9.59 Å². The molecule has 0 aromatic heterocycles. The molecule has 1 unspecified atom stereocenters. The molecule has 1 rings (SSSR count). The number of nitrogens with zero attached hydrogens (tertiary/aromatic N) is 1. The monoisotopic (exact) mass is 263 g/mol. The van der Waals surface area contributed by atoms with Gasteiger partial charge in [0.2, 0.25) is 11.8 Å². The SMILES string of the molecule is CN(C)C(=O)CNC(=O)CCC(N)c1ccccc1. The van der Waals surface area contributed by atoms with Crippen molar-refractivity contribution in [2.75, 3.05) is 20.6 Å². The lowest BCUT2D eigenvalue weighted by atomic mass is 10.0. The Labute approximate surface area is 113 Å². The Kier molecular flexibility index (Phi) is 6.02. The summed E-state index contributed by atoms with van der Waals surface area (Å²) in [6.45, 7) is 0.0341. The molecule has 19 heavy (non-hydrogen) atoms. The Morgan fingerprint density at radius 1 is 1.26 bits per heavy atom. The second kappa shape index (κ2) is 7.53. The fraction of sp³-hybridized carbons (Fsp3) is 0.429. The maximum absolute atomic E-state index is 11.6. The molecule has 1 aromatic carbocycles. The second-order valence-electron chi connectivity index (χ2n) is 4.62. The van der Waals surface area contributed by atoms with E-state index < -0.39 is 0 Å². The molecule has 104 valence electrons. The number of amides is 2. The van der Waals surface area contributed by atoms with Gasteiger partial charge in [-0.2, -0.15) is 0 Å². The minimum atomic E-state index is -0.156. The van der Waals surface area contributed by atoms with Gasteiger partial charge in [-0.25, -0.2) is 0 Å². The summed E-state index contributed by atoms with van der Waals surface area (Å²) in [5.41, 5.74) is 7.01. The van der Waals surface area contributed by atoms with Crippen molar-refractivity contribution in [3.8, 4) is 0 Å². The lowest BCUT2D eigenvalue weighted by molar-refractivity contribution is -0.130. The van der Waals surface area contributed by atoms with E-state index in [1.165, 1.54) is 4.90 Å². The third-order valence-electron chi connectivity index (χ3n) is 2.85. The number of benzene rings is 1. The first-order chi connectivity index (χ1) is 9.00. The summed E-state index contributed by atoms with van der Waals surface area (Å²) in [6, 6.07) is 9.50. The molecular weight excluding hydrogens is 242 g/mol. The van der Waals surface area contributed by atoms with Crippen LogP contribution in [0.4, 0.5) is 0 Å². The number of hydrogen-bond donors (Lipinski definition) is 2. The van der Waals surface area contributed by atoms with Crippen LogP contribution in [0.2, 0.25) is 0 Å². The van der Waals surface area contributed by atoms with E-state index in [2.05, 4.69) is 5.32 Å². The van der Waals surface area contributed by atoms with Crippen LogP contribution in [0.15, 0.2) is 30.3 Å². The van der Waals surface area contributed by atoms with Crippen molar-refractivity contribution < 1.29 is 9.59 Å². The highest BCUT2D eigenvalue weighted by Crippen LogP contribution is 2.14. The molecule has 0 saturated carbocycles.